The molecule has 1 aliphatic rings. The van der Waals surface area contributed by atoms with Gasteiger partial charge in [0.15, 0.2) is 0 Å². The van der Waals surface area contributed by atoms with Crippen LogP contribution in [0.5, 0.6) is 0 Å². The van der Waals surface area contributed by atoms with E-state index in [-0.39, 0.29) is 6.10 Å². The molecule has 1 aromatic carbocycles. The van der Waals surface area contributed by atoms with Gasteiger partial charge in [0, 0.05) is 0 Å². The van der Waals surface area contributed by atoms with E-state index in [1.165, 1.54) is 0 Å². The summed E-state index contributed by atoms with van der Waals surface area (Å²) in [6.45, 7) is 4.81. The molecule has 0 aliphatic carbocycles. The Morgan fingerprint density at radius 3 is 2.75 bits per heavy atom. The molecule has 2 rings (SSSR count). The van der Waals surface area contributed by atoms with Gasteiger partial charge < -0.3 is 14.8 Å². The largest absolute Gasteiger partial charge is 0.488 e. The summed E-state index contributed by atoms with van der Waals surface area (Å²) in [5, 5.41) is 18.6. The summed E-state index contributed by atoms with van der Waals surface area (Å²) in [5.74, 6) is 0.442. The highest BCUT2D eigenvalue weighted by Crippen LogP contribution is 2.23. The summed E-state index contributed by atoms with van der Waals surface area (Å²) in [7, 11) is -1.39. The minimum atomic E-state index is -1.39. The van der Waals surface area contributed by atoms with Gasteiger partial charge in [-0.2, -0.15) is 0 Å². The van der Waals surface area contributed by atoms with E-state index in [0.717, 1.165) is 17.5 Å². The zero-order valence-electron chi connectivity index (χ0n) is 9.68. The molecule has 4 heteroatoms. The maximum absolute atomic E-state index is 9.32. The van der Waals surface area contributed by atoms with Crippen LogP contribution in [-0.4, -0.2) is 23.3 Å². The molecule has 0 amide bonds. The van der Waals surface area contributed by atoms with Gasteiger partial charge >= 0.3 is 7.12 Å². The van der Waals surface area contributed by atoms with Crippen LogP contribution >= 0.6 is 0 Å². The lowest BCUT2D eigenvalue weighted by atomic mass is 9.73. The van der Waals surface area contributed by atoms with Crippen LogP contribution in [0.15, 0.2) is 18.2 Å². The molecule has 0 saturated carbocycles. The first-order valence-corrected chi connectivity index (χ1v) is 5.68. The molecule has 2 N–H and O–H groups in total. The lowest BCUT2D eigenvalue weighted by Gasteiger charge is -2.29. The van der Waals surface area contributed by atoms with Crippen molar-refractivity contribution in [3.05, 3.63) is 29.3 Å². The van der Waals surface area contributed by atoms with E-state index < -0.39 is 7.12 Å². The third-order valence-electron chi connectivity index (χ3n) is 3.19. The van der Waals surface area contributed by atoms with E-state index in [4.69, 9.17) is 4.74 Å². The number of ether oxygens (including phenoxy) is 1. The molecule has 1 atom stereocenters. The minimum Gasteiger partial charge on any atom is -0.423 e. The fourth-order valence-corrected chi connectivity index (χ4v) is 2.17. The highest BCUT2D eigenvalue weighted by molar-refractivity contribution is 6.59. The van der Waals surface area contributed by atoms with Crippen molar-refractivity contribution in [2.75, 3.05) is 0 Å². The zero-order chi connectivity index (χ0) is 11.7. The molecule has 1 heterocycles. The number of hydrogen-bond donors (Lipinski definition) is 2. The van der Waals surface area contributed by atoms with E-state index >= 15 is 0 Å². The molecule has 16 heavy (non-hydrogen) atoms. The van der Waals surface area contributed by atoms with E-state index in [1.54, 1.807) is 6.07 Å². The summed E-state index contributed by atoms with van der Waals surface area (Å²) >= 11 is 0. The Balaban J connectivity index is 2.34. The normalized spacial score (nSPS) is 19.7. The van der Waals surface area contributed by atoms with Gasteiger partial charge in [-0.05, 0) is 28.9 Å². The maximum Gasteiger partial charge on any atom is 0.488 e. The summed E-state index contributed by atoms with van der Waals surface area (Å²) in [4.78, 5) is 0. The monoisotopic (exact) mass is 220 g/mol. The van der Waals surface area contributed by atoms with Crippen LogP contribution in [0, 0.1) is 5.92 Å². The second-order valence-electron chi connectivity index (χ2n) is 4.66. The molecule has 0 spiro atoms. The number of hydrogen-bond acceptors (Lipinski definition) is 3. The summed E-state index contributed by atoms with van der Waals surface area (Å²) in [5.41, 5.74) is 2.73. The van der Waals surface area contributed by atoms with Crippen molar-refractivity contribution < 1.29 is 14.8 Å². The summed E-state index contributed by atoms with van der Waals surface area (Å²) < 4.78 is 5.74. The Hall–Kier alpha value is -0.835. The fourth-order valence-electron chi connectivity index (χ4n) is 2.17. The smallest absolute Gasteiger partial charge is 0.423 e. The Morgan fingerprint density at radius 1 is 1.38 bits per heavy atom. The van der Waals surface area contributed by atoms with Crippen molar-refractivity contribution in [1.82, 2.24) is 0 Å². The topological polar surface area (TPSA) is 49.7 Å². The van der Waals surface area contributed by atoms with Crippen molar-refractivity contribution >= 4 is 12.6 Å². The quantitative estimate of drug-likeness (QED) is 0.712. The molecular weight excluding hydrogens is 203 g/mol. The average Bonchev–Trinajstić information content (AvgIpc) is 2.27. The van der Waals surface area contributed by atoms with Crippen LogP contribution in [0.4, 0.5) is 0 Å². The molecule has 86 valence electrons. The summed E-state index contributed by atoms with van der Waals surface area (Å²) in [6.07, 6.45) is 0.938. The molecule has 3 nitrogen and oxygen atoms in total. The van der Waals surface area contributed by atoms with Gasteiger partial charge in [-0.15, -0.1) is 0 Å². The molecule has 0 radical (unpaired) electrons. The third-order valence-corrected chi connectivity index (χ3v) is 3.19. The molecule has 0 fully saturated rings. The van der Waals surface area contributed by atoms with Gasteiger partial charge in [-0.25, -0.2) is 0 Å². The van der Waals surface area contributed by atoms with Gasteiger partial charge in [0.1, 0.15) is 0 Å². The Morgan fingerprint density at radius 2 is 2.12 bits per heavy atom. The predicted molar refractivity (Wildman–Crippen MR) is 63.4 cm³/mol. The molecule has 0 bridgehead atoms. The zero-order valence-corrected chi connectivity index (χ0v) is 9.68. The molecule has 1 aliphatic heterocycles. The SMILES string of the molecule is CC(C)C1Cc2c(cccc2B(O)O)CO1. The van der Waals surface area contributed by atoms with Gasteiger partial charge in [0.05, 0.1) is 12.7 Å². The average molecular weight is 220 g/mol. The number of benzene rings is 1. The second-order valence-corrected chi connectivity index (χ2v) is 4.66. The fraction of sp³-hybridized carbons (Fsp3) is 0.500. The lowest BCUT2D eigenvalue weighted by molar-refractivity contribution is -0.0000473. The van der Waals surface area contributed by atoms with E-state index in [2.05, 4.69) is 13.8 Å². The van der Waals surface area contributed by atoms with Crippen LogP contribution in [0.2, 0.25) is 0 Å². The molecule has 0 saturated heterocycles. The van der Waals surface area contributed by atoms with Crippen molar-refractivity contribution in [1.29, 1.82) is 0 Å². The number of rotatable bonds is 2. The Labute approximate surface area is 96.2 Å². The standard InChI is InChI=1S/C12H17BO3/c1-8(2)12-6-10-9(7-16-12)4-3-5-11(10)13(14)15/h3-5,8,12,14-15H,6-7H2,1-2H3. The minimum absolute atomic E-state index is 0.174. The van der Waals surface area contributed by atoms with Crippen LogP contribution in [0.25, 0.3) is 0 Å². The van der Waals surface area contributed by atoms with Crippen molar-refractivity contribution in [3.63, 3.8) is 0 Å². The molecule has 1 aromatic rings. The Bertz CT molecular complexity index is 377. The molecule has 1 unspecified atom stereocenters. The first-order chi connectivity index (χ1) is 7.59. The first-order valence-electron chi connectivity index (χ1n) is 5.68. The lowest BCUT2D eigenvalue weighted by Crippen LogP contribution is -2.38. The van der Waals surface area contributed by atoms with Crippen molar-refractivity contribution in [2.24, 2.45) is 5.92 Å². The van der Waals surface area contributed by atoms with Gasteiger partial charge in [-0.3, -0.25) is 0 Å². The van der Waals surface area contributed by atoms with E-state index in [0.29, 0.717) is 18.0 Å². The summed E-state index contributed by atoms with van der Waals surface area (Å²) in [6, 6.07) is 5.59. The third kappa shape index (κ3) is 2.14. The van der Waals surface area contributed by atoms with Gasteiger partial charge in [-0.1, -0.05) is 32.0 Å². The van der Waals surface area contributed by atoms with Crippen molar-refractivity contribution in [2.45, 2.75) is 33.0 Å². The predicted octanol–water partition coefficient (Wildman–Crippen LogP) is 0.464. The maximum atomic E-state index is 9.32. The van der Waals surface area contributed by atoms with Gasteiger partial charge in [0.25, 0.3) is 0 Å². The Kier molecular flexibility index (Phi) is 3.33. The first kappa shape index (κ1) is 11.6. The van der Waals surface area contributed by atoms with E-state index in [9.17, 15) is 10.0 Å². The van der Waals surface area contributed by atoms with E-state index in [1.807, 2.05) is 12.1 Å². The number of fused-ring (bicyclic) bond motifs is 1. The van der Waals surface area contributed by atoms with Crippen LogP contribution in [-0.2, 0) is 17.8 Å². The van der Waals surface area contributed by atoms with Gasteiger partial charge in [0.2, 0.25) is 0 Å². The molecular formula is C12H17BO3. The van der Waals surface area contributed by atoms with Crippen LogP contribution in [0.3, 0.4) is 0 Å². The highest BCUT2D eigenvalue weighted by atomic mass is 16.5. The van der Waals surface area contributed by atoms with Crippen LogP contribution < -0.4 is 5.46 Å². The second kappa shape index (κ2) is 4.57. The molecule has 0 aromatic heterocycles. The van der Waals surface area contributed by atoms with Crippen LogP contribution in [0.1, 0.15) is 25.0 Å². The highest BCUT2D eigenvalue weighted by Gasteiger charge is 2.26. The van der Waals surface area contributed by atoms with Crippen molar-refractivity contribution in [3.8, 4) is 0 Å².